The summed E-state index contributed by atoms with van der Waals surface area (Å²) in [7, 11) is 0. The van der Waals surface area contributed by atoms with E-state index in [0.717, 1.165) is 3.93 Å². The molecule has 0 radical (unpaired) electrons. The van der Waals surface area contributed by atoms with Crippen molar-refractivity contribution in [2.75, 3.05) is 6.61 Å². The van der Waals surface area contributed by atoms with Crippen molar-refractivity contribution < 1.29 is 9.53 Å². The number of carbonyl (C=O) groups is 1. The fraction of sp³-hybridized carbons (Fsp3) is 0.944. The molecule has 0 bridgehead atoms. The minimum atomic E-state index is -2.15. The number of hydrogen-bond acceptors (Lipinski definition) is 2. The van der Waals surface area contributed by atoms with Crippen LogP contribution in [0.3, 0.4) is 0 Å². The SMILES string of the molecule is CCC[CH2][Sn]([CH2]CCC)([CH2]CCC)[C@@H]1C[C@H]1C(=O)OCC. The van der Waals surface area contributed by atoms with Gasteiger partial charge in [0.2, 0.25) is 0 Å². The summed E-state index contributed by atoms with van der Waals surface area (Å²) in [5, 5.41) is 0. The fourth-order valence-corrected chi connectivity index (χ4v) is 23.2. The van der Waals surface area contributed by atoms with Crippen LogP contribution in [0.1, 0.15) is 72.6 Å². The molecule has 0 unspecified atom stereocenters. The number of hydrogen-bond donors (Lipinski definition) is 0. The third-order valence-corrected chi connectivity index (χ3v) is 23.1. The molecule has 1 saturated carbocycles. The summed E-state index contributed by atoms with van der Waals surface area (Å²) in [6.07, 6.45) is 9.31. The van der Waals surface area contributed by atoms with Gasteiger partial charge in [-0.25, -0.2) is 0 Å². The molecular weight excluding hydrogens is 367 g/mol. The van der Waals surface area contributed by atoms with Gasteiger partial charge in [-0.1, -0.05) is 0 Å². The third kappa shape index (κ3) is 5.76. The van der Waals surface area contributed by atoms with Crippen molar-refractivity contribution in [3.8, 4) is 0 Å². The van der Waals surface area contributed by atoms with Crippen LogP contribution in [0.5, 0.6) is 0 Å². The van der Waals surface area contributed by atoms with Gasteiger partial charge in [-0.2, -0.15) is 0 Å². The molecule has 3 heteroatoms. The van der Waals surface area contributed by atoms with Gasteiger partial charge in [-0.15, -0.1) is 0 Å². The van der Waals surface area contributed by atoms with Crippen LogP contribution in [-0.4, -0.2) is 31.0 Å². The Kier molecular flexibility index (Phi) is 9.31. The quantitative estimate of drug-likeness (QED) is 0.305. The Morgan fingerprint density at radius 1 is 0.952 bits per heavy atom. The van der Waals surface area contributed by atoms with Crippen molar-refractivity contribution in [1.82, 2.24) is 0 Å². The summed E-state index contributed by atoms with van der Waals surface area (Å²) >= 11 is -2.15. The van der Waals surface area contributed by atoms with E-state index in [2.05, 4.69) is 20.8 Å². The van der Waals surface area contributed by atoms with E-state index in [1.807, 2.05) is 6.92 Å². The van der Waals surface area contributed by atoms with Gasteiger partial charge in [0.05, 0.1) is 0 Å². The summed E-state index contributed by atoms with van der Waals surface area (Å²) < 4.78 is 10.7. The number of ether oxygens (including phenoxy) is 1. The zero-order valence-electron chi connectivity index (χ0n) is 14.7. The van der Waals surface area contributed by atoms with E-state index in [1.54, 1.807) is 0 Å². The molecule has 0 aromatic heterocycles. The van der Waals surface area contributed by atoms with E-state index >= 15 is 0 Å². The molecule has 0 aliphatic heterocycles. The predicted molar refractivity (Wildman–Crippen MR) is 93.4 cm³/mol. The number of unbranched alkanes of at least 4 members (excludes halogenated alkanes) is 3. The molecule has 0 aromatic rings. The van der Waals surface area contributed by atoms with E-state index in [9.17, 15) is 4.79 Å². The molecular formula is C18H36O2Sn. The van der Waals surface area contributed by atoms with Gasteiger partial charge in [-0.3, -0.25) is 0 Å². The van der Waals surface area contributed by atoms with E-state index in [1.165, 1.54) is 58.3 Å². The molecule has 0 N–H and O–H groups in total. The van der Waals surface area contributed by atoms with Crippen molar-refractivity contribution in [3.05, 3.63) is 0 Å². The maximum absolute atomic E-state index is 12.1. The van der Waals surface area contributed by atoms with Crippen molar-refractivity contribution >= 4 is 24.3 Å². The van der Waals surface area contributed by atoms with Crippen molar-refractivity contribution in [2.24, 2.45) is 5.92 Å². The second-order valence-electron chi connectivity index (χ2n) is 6.87. The van der Waals surface area contributed by atoms with Gasteiger partial charge in [0.25, 0.3) is 0 Å². The Morgan fingerprint density at radius 2 is 1.43 bits per heavy atom. The Labute approximate surface area is 136 Å². The maximum atomic E-state index is 12.1. The molecule has 124 valence electrons. The molecule has 2 nitrogen and oxygen atoms in total. The molecule has 1 aliphatic carbocycles. The van der Waals surface area contributed by atoms with Crippen LogP contribution >= 0.6 is 0 Å². The van der Waals surface area contributed by atoms with Crippen molar-refractivity contribution in [2.45, 2.75) is 89.9 Å². The van der Waals surface area contributed by atoms with Crippen LogP contribution in [0, 0.1) is 5.92 Å². The first-order valence-electron chi connectivity index (χ1n) is 9.31. The average Bonchev–Trinajstić information content (AvgIpc) is 3.28. The molecule has 0 aromatic carbocycles. The summed E-state index contributed by atoms with van der Waals surface area (Å²) in [6, 6.07) is 0. The van der Waals surface area contributed by atoms with Crippen molar-refractivity contribution in [1.29, 1.82) is 0 Å². The molecule has 1 aliphatic rings. The Hall–Kier alpha value is 0.269. The van der Waals surface area contributed by atoms with Crippen LogP contribution in [0.4, 0.5) is 0 Å². The molecule has 2 atom stereocenters. The average molecular weight is 403 g/mol. The van der Waals surface area contributed by atoms with Crippen LogP contribution in [0.2, 0.25) is 17.2 Å². The Balaban J connectivity index is 2.75. The zero-order valence-corrected chi connectivity index (χ0v) is 17.6. The van der Waals surface area contributed by atoms with Gasteiger partial charge in [0, 0.05) is 0 Å². The van der Waals surface area contributed by atoms with Gasteiger partial charge in [-0.05, 0) is 0 Å². The number of esters is 1. The summed E-state index contributed by atoms with van der Waals surface area (Å²) in [4.78, 5) is 12.1. The number of rotatable bonds is 12. The van der Waals surface area contributed by atoms with Crippen LogP contribution < -0.4 is 0 Å². The normalized spacial score (nSPS) is 21.3. The van der Waals surface area contributed by atoms with E-state index < -0.39 is 18.4 Å². The standard InChI is InChI=1S/C6H9O2.3C4H9.Sn/c1-2-8-6(7)5-3-4-5;3*1-3-4-2;/h3,5H,2,4H2,1H3;3*1,3-4H2,2H3;/t5-;;;;/m0..../s1. The second-order valence-corrected chi connectivity index (χ2v) is 21.0. The predicted octanol–water partition coefficient (Wildman–Crippen LogP) is 5.79. The van der Waals surface area contributed by atoms with Crippen molar-refractivity contribution in [3.63, 3.8) is 0 Å². The Morgan fingerprint density at radius 3 is 1.81 bits per heavy atom. The van der Waals surface area contributed by atoms with Crippen LogP contribution in [0.15, 0.2) is 0 Å². The zero-order chi connectivity index (χ0) is 15.7. The first-order valence-corrected chi connectivity index (χ1v) is 17.0. The van der Waals surface area contributed by atoms with E-state index in [-0.39, 0.29) is 5.97 Å². The van der Waals surface area contributed by atoms with E-state index in [4.69, 9.17) is 4.74 Å². The first kappa shape index (κ1) is 19.3. The molecule has 1 fully saturated rings. The minimum absolute atomic E-state index is 0.119. The Bertz CT molecular complexity index is 282. The number of carbonyl (C=O) groups excluding carboxylic acids is 1. The van der Waals surface area contributed by atoms with Gasteiger partial charge < -0.3 is 0 Å². The molecule has 1 rings (SSSR count). The van der Waals surface area contributed by atoms with Gasteiger partial charge >= 0.3 is 136 Å². The monoisotopic (exact) mass is 404 g/mol. The van der Waals surface area contributed by atoms with Crippen LogP contribution in [-0.2, 0) is 9.53 Å². The topological polar surface area (TPSA) is 26.3 Å². The molecule has 0 amide bonds. The molecule has 0 heterocycles. The summed E-state index contributed by atoms with van der Waals surface area (Å²) in [6.45, 7) is 9.41. The molecule has 0 saturated heterocycles. The van der Waals surface area contributed by atoms with Gasteiger partial charge in [0.15, 0.2) is 0 Å². The summed E-state index contributed by atoms with van der Waals surface area (Å²) in [5.74, 6) is 0.416. The van der Waals surface area contributed by atoms with E-state index in [0.29, 0.717) is 12.5 Å². The first-order chi connectivity index (χ1) is 10.1. The third-order valence-electron chi connectivity index (χ3n) is 5.25. The summed E-state index contributed by atoms with van der Waals surface area (Å²) in [5.41, 5.74) is 0. The van der Waals surface area contributed by atoms with Gasteiger partial charge in [0.1, 0.15) is 0 Å². The molecule has 0 spiro atoms. The molecule has 21 heavy (non-hydrogen) atoms. The van der Waals surface area contributed by atoms with Crippen LogP contribution in [0.25, 0.3) is 0 Å². The fourth-order valence-electron chi connectivity index (χ4n) is 3.90. The second kappa shape index (κ2) is 10.1.